The summed E-state index contributed by atoms with van der Waals surface area (Å²) >= 11 is 2.65. The van der Waals surface area contributed by atoms with Crippen molar-refractivity contribution in [2.75, 3.05) is 6.61 Å². The van der Waals surface area contributed by atoms with Crippen LogP contribution in [0.3, 0.4) is 0 Å². The van der Waals surface area contributed by atoms with E-state index in [1.54, 1.807) is 0 Å². The molecule has 7 nitrogen and oxygen atoms in total. The molecule has 0 aliphatic carbocycles. The molecule has 4 N–H and O–H groups in total. The zero-order valence-corrected chi connectivity index (χ0v) is 12.3. The van der Waals surface area contributed by atoms with Crippen LogP contribution in [-0.2, 0) is 0 Å². The molecule has 1 aromatic heterocycles. The van der Waals surface area contributed by atoms with E-state index in [1.165, 1.54) is 10.8 Å². The minimum absolute atomic E-state index is 0.173. The van der Waals surface area contributed by atoms with Gasteiger partial charge in [-0.2, -0.15) is 0 Å². The molecule has 1 aliphatic rings. The summed E-state index contributed by atoms with van der Waals surface area (Å²) in [4.78, 5) is 24.0. The molecule has 2 heterocycles. The Hall–Kier alpha value is -0.441. The SMILES string of the molecule is O=c1[nH]c(=O)n([C@@H]2[Se][C@H](CO)C(O)C2O)cc1Br. The Morgan fingerprint density at radius 1 is 1.39 bits per heavy atom. The predicted molar refractivity (Wildman–Crippen MR) is 66.7 cm³/mol. The van der Waals surface area contributed by atoms with Crippen molar-refractivity contribution in [1.29, 1.82) is 0 Å². The van der Waals surface area contributed by atoms with E-state index < -0.39 is 33.2 Å². The van der Waals surface area contributed by atoms with Gasteiger partial charge in [0.05, 0.1) is 0 Å². The maximum atomic E-state index is 11.7. The number of aromatic amines is 1. The van der Waals surface area contributed by atoms with Crippen LogP contribution in [0.2, 0.25) is 4.82 Å². The zero-order chi connectivity index (χ0) is 13.4. The van der Waals surface area contributed by atoms with Crippen molar-refractivity contribution in [2.45, 2.75) is 22.0 Å². The van der Waals surface area contributed by atoms with E-state index in [2.05, 4.69) is 20.9 Å². The third-order valence-electron chi connectivity index (χ3n) is 2.72. The monoisotopic (exact) mass is 386 g/mol. The summed E-state index contributed by atoms with van der Waals surface area (Å²) in [6, 6.07) is 0. The molecule has 0 amide bonds. The van der Waals surface area contributed by atoms with Gasteiger partial charge in [0.1, 0.15) is 0 Å². The summed E-state index contributed by atoms with van der Waals surface area (Å²) in [6.07, 6.45) is -0.890. The molecule has 0 spiro atoms. The molecule has 100 valence electrons. The molecule has 4 atom stereocenters. The molecule has 1 aromatic rings. The van der Waals surface area contributed by atoms with Crippen LogP contribution in [0.4, 0.5) is 0 Å². The summed E-state index contributed by atoms with van der Waals surface area (Å²) in [6.45, 7) is -0.242. The van der Waals surface area contributed by atoms with Crippen molar-refractivity contribution in [3.05, 3.63) is 31.5 Å². The average molecular weight is 386 g/mol. The molecule has 0 bridgehead atoms. The van der Waals surface area contributed by atoms with Gasteiger partial charge in [0.2, 0.25) is 0 Å². The molecule has 0 radical (unpaired) electrons. The molecule has 0 saturated carbocycles. The van der Waals surface area contributed by atoms with E-state index in [9.17, 15) is 19.8 Å². The number of halogens is 1. The average Bonchev–Trinajstić information content (AvgIpc) is 2.61. The van der Waals surface area contributed by atoms with Gasteiger partial charge in [0.25, 0.3) is 0 Å². The van der Waals surface area contributed by atoms with Crippen LogP contribution in [0.5, 0.6) is 0 Å². The minimum atomic E-state index is -1.13. The number of nitrogens with zero attached hydrogens (tertiary/aromatic N) is 1. The third-order valence-corrected chi connectivity index (χ3v) is 6.56. The van der Waals surface area contributed by atoms with Gasteiger partial charge in [-0.1, -0.05) is 0 Å². The zero-order valence-electron chi connectivity index (χ0n) is 8.99. The van der Waals surface area contributed by atoms with Crippen molar-refractivity contribution in [3.63, 3.8) is 0 Å². The molecular weight excluding hydrogens is 375 g/mol. The molecule has 18 heavy (non-hydrogen) atoms. The first-order valence-corrected chi connectivity index (χ1v) is 7.86. The Balaban J connectivity index is 2.42. The molecule has 9 heteroatoms. The number of hydrogen-bond acceptors (Lipinski definition) is 5. The van der Waals surface area contributed by atoms with E-state index >= 15 is 0 Å². The predicted octanol–water partition coefficient (Wildman–Crippen LogP) is -1.98. The van der Waals surface area contributed by atoms with Crippen molar-refractivity contribution in [3.8, 4) is 0 Å². The van der Waals surface area contributed by atoms with Crippen molar-refractivity contribution in [2.24, 2.45) is 0 Å². The van der Waals surface area contributed by atoms with Crippen molar-refractivity contribution >= 4 is 30.9 Å². The Bertz CT molecular complexity index is 559. The number of rotatable bonds is 2. The van der Waals surface area contributed by atoms with Gasteiger partial charge in [-0.25, -0.2) is 0 Å². The van der Waals surface area contributed by atoms with Crippen molar-refractivity contribution in [1.82, 2.24) is 9.55 Å². The van der Waals surface area contributed by atoms with Crippen LogP contribution in [-0.4, -0.2) is 58.6 Å². The Morgan fingerprint density at radius 3 is 2.61 bits per heavy atom. The Kier molecular flexibility index (Phi) is 4.10. The molecule has 0 aromatic carbocycles. The Morgan fingerprint density at radius 2 is 2.06 bits per heavy atom. The fraction of sp³-hybridized carbons (Fsp3) is 0.556. The van der Waals surface area contributed by atoms with Gasteiger partial charge in [-0.3, -0.25) is 0 Å². The van der Waals surface area contributed by atoms with Crippen LogP contribution < -0.4 is 11.2 Å². The van der Waals surface area contributed by atoms with Crippen LogP contribution in [0.15, 0.2) is 20.3 Å². The normalized spacial score (nSPS) is 31.8. The molecule has 2 rings (SSSR count). The molecule has 1 aliphatic heterocycles. The second kappa shape index (κ2) is 5.28. The number of aliphatic hydroxyl groups is 3. The summed E-state index contributed by atoms with van der Waals surface area (Å²) in [5.74, 6) is 0. The second-order valence-electron chi connectivity index (χ2n) is 3.87. The van der Waals surface area contributed by atoms with Gasteiger partial charge in [0.15, 0.2) is 0 Å². The topological polar surface area (TPSA) is 116 Å². The van der Waals surface area contributed by atoms with E-state index in [4.69, 9.17) is 5.11 Å². The first kappa shape index (κ1) is 14.0. The van der Waals surface area contributed by atoms with Crippen molar-refractivity contribution < 1.29 is 15.3 Å². The standard InChI is InChI=1S/C9H11BrN2O5Se/c10-3-1-12(9(17)11-7(3)16)8-6(15)5(14)4(2-13)18-8/h1,4-6,8,13-15H,2H2,(H,11,16,17)/t4-,5?,6?,8-/m1/s1. The molecule has 2 unspecified atom stereocenters. The number of nitrogens with one attached hydrogen (secondary N) is 1. The van der Waals surface area contributed by atoms with Gasteiger partial charge in [-0.15, -0.1) is 0 Å². The second-order valence-corrected chi connectivity index (χ2v) is 7.58. The van der Waals surface area contributed by atoms with Crippen LogP contribution in [0.25, 0.3) is 0 Å². The fourth-order valence-corrected chi connectivity index (χ4v) is 4.97. The third kappa shape index (κ3) is 2.34. The maximum absolute atomic E-state index is 11.7. The van der Waals surface area contributed by atoms with Crippen LogP contribution >= 0.6 is 15.9 Å². The first-order valence-electron chi connectivity index (χ1n) is 5.09. The van der Waals surface area contributed by atoms with Crippen LogP contribution in [0, 0.1) is 0 Å². The van der Waals surface area contributed by atoms with E-state index in [-0.39, 0.29) is 26.0 Å². The van der Waals surface area contributed by atoms with E-state index in [1.807, 2.05) is 0 Å². The quantitative estimate of drug-likeness (QED) is 0.440. The number of H-pyrrole nitrogens is 1. The van der Waals surface area contributed by atoms with Crippen LogP contribution in [0.1, 0.15) is 4.94 Å². The molecule has 1 saturated heterocycles. The fourth-order valence-electron chi connectivity index (χ4n) is 1.76. The first-order chi connectivity index (χ1) is 8.45. The molecular formula is C9H11BrN2O5Se. The number of aromatic nitrogens is 2. The van der Waals surface area contributed by atoms with E-state index in [0.29, 0.717) is 0 Å². The van der Waals surface area contributed by atoms with Gasteiger partial charge >= 0.3 is 116 Å². The Labute approximate surface area is 116 Å². The van der Waals surface area contributed by atoms with Gasteiger partial charge < -0.3 is 0 Å². The van der Waals surface area contributed by atoms with E-state index in [0.717, 1.165) is 0 Å². The molecule has 1 fully saturated rings. The summed E-state index contributed by atoms with van der Waals surface area (Å²) in [5, 5.41) is 28.7. The summed E-state index contributed by atoms with van der Waals surface area (Å²) in [5.41, 5.74) is -1.18. The summed E-state index contributed by atoms with van der Waals surface area (Å²) in [7, 11) is 0. The number of hydrogen-bond donors (Lipinski definition) is 4. The van der Waals surface area contributed by atoms with Gasteiger partial charge in [0, 0.05) is 0 Å². The summed E-state index contributed by atoms with van der Waals surface area (Å²) < 4.78 is 1.36. The number of aliphatic hydroxyl groups excluding tert-OH is 3. The van der Waals surface area contributed by atoms with Gasteiger partial charge in [-0.05, 0) is 0 Å².